The summed E-state index contributed by atoms with van der Waals surface area (Å²) in [5, 5.41) is 31.5. The van der Waals surface area contributed by atoms with Crippen LogP contribution in [0.2, 0.25) is 0 Å². The molecule has 0 unspecified atom stereocenters. The first-order chi connectivity index (χ1) is 38.3. The molecule has 2 bridgehead atoms. The van der Waals surface area contributed by atoms with E-state index in [2.05, 4.69) is 15.6 Å². The van der Waals surface area contributed by atoms with Crippen LogP contribution in [0.15, 0.2) is 113 Å². The zero-order valence-electron chi connectivity index (χ0n) is 47.4. The fourth-order valence-electron chi connectivity index (χ4n) is 12.1. The van der Waals surface area contributed by atoms with Gasteiger partial charge in [-0.1, -0.05) is 80.6 Å². The molecule has 20 nitrogen and oxygen atoms in total. The van der Waals surface area contributed by atoms with E-state index in [4.69, 9.17) is 33.2 Å². The molecule has 2 amide bonds. The van der Waals surface area contributed by atoms with Crippen LogP contribution >= 0.6 is 0 Å². The second-order valence-electron chi connectivity index (χ2n) is 22.0. The molecule has 4 N–H and O–H groups in total. The molecule has 3 aromatic rings. The number of carbonyl (C=O) groups is 8. The smallest absolute Gasteiger partial charge is 0.411 e. The first-order valence-electron chi connectivity index (χ1n) is 26.9. The number of ketones is 3. The molecule has 3 aromatic carbocycles. The quantitative estimate of drug-likeness (QED) is 0.0226. The number of aliphatic hydroxyl groups is 2. The molecule has 4 aliphatic rings. The predicted molar refractivity (Wildman–Crippen MR) is 294 cm³/mol. The fourth-order valence-corrected chi connectivity index (χ4v) is 12.1. The van der Waals surface area contributed by atoms with Crippen LogP contribution in [-0.4, -0.2) is 145 Å². The lowest BCUT2D eigenvalue weighted by Gasteiger charge is -2.67. The van der Waals surface area contributed by atoms with Gasteiger partial charge in [-0.2, -0.15) is 0 Å². The molecule has 3 fully saturated rings. The maximum atomic E-state index is 16.5. The number of methoxy groups -OCH3 is 1. The number of rotatable bonds is 21. The van der Waals surface area contributed by atoms with Crippen molar-refractivity contribution >= 4 is 58.7 Å². The van der Waals surface area contributed by atoms with E-state index in [1.54, 1.807) is 120 Å². The van der Waals surface area contributed by atoms with Gasteiger partial charge in [-0.05, 0) is 88.1 Å². The number of hydrogen-bond donors (Lipinski definition) is 4. The first-order valence-corrected chi connectivity index (χ1v) is 26.9. The zero-order chi connectivity index (χ0) is 59.2. The highest BCUT2D eigenvalue weighted by Gasteiger charge is 2.78. The SMILES string of the molecule is C/C=C(\C)C(=O)N[C@@H](c1ccccc1)[C@@H](O)C(=O)O[C@H]1C[C@@]2(O)[C@@H](OC(=O)c3ccccc3)[C@@H]3[C@]4(OC(C)=O)CO[C@@H]4C[C@H](OC(=O)Nc4ccc(C(C)=NCC(=O)COCCOC)cc4)[C@@]3(C)C(=O)[C@H](CC(C)=O)C(=C1C)C2(C)C. The summed E-state index contributed by atoms with van der Waals surface area (Å²) in [5.74, 6) is -8.06. The van der Waals surface area contributed by atoms with Crippen LogP contribution in [0, 0.1) is 22.7 Å². The van der Waals surface area contributed by atoms with Gasteiger partial charge in [0.1, 0.15) is 49.0 Å². The van der Waals surface area contributed by atoms with Crippen LogP contribution < -0.4 is 10.6 Å². The lowest BCUT2D eigenvalue weighted by molar-refractivity contribution is -0.344. The second-order valence-corrected chi connectivity index (χ2v) is 22.0. The number of allylic oxidation sites excluding steroid dienone is 1. The number of fused-ring (bicyclic) bond motifs is 5. The van der Waals surface area contributed by atoms with Crippen molar-refractivity contribution in [2.24, 2.45) is 27.7 Å². The summed E-state index contributed by atoms with van der Waals surface area (Å²) >= 11 is 0. The molecule has 0 aromatic heterocycles. The van der Waals surface area contributed by atoms with Crippen molar-refractivity contribution in [1.82, 2.24) is 5.32 Å². The highest BCUT2D eigenvalue weighted by atomic mass is 16.6. The van der Waals surface area contributed by atoms with E-state index in [9.17, 15) is 43.8 Å². The van der Waals surface area contributed by atoms with Crippen molar-refractivity contribution in [1.29, 1.82) is 0 Å². The number of anilines is 1. The van der Waals surface area contributed by atoms with Crippen LogP contribution in [0.25, 0.3) is 0 Å². The maximum Gasteiger partial charge on any atom is 0.411 e. The Morgan fingerprint density at radius 1 is 0.864 bits per heavy atom. The van der Waals surface area contributed by atoms with Crippen LogP contribution in [0.5, 0.6) is 0 Å². The molecule has 1 saturated heterocycles. The summed E-state index contributed by atoms with van der Waals surface area (Å²) in [7, 11) is 1.53. The van der Waals surface area contributed by atoms with Crippen LogP contribution in [-0.2, 0) is 61.9 Å². The number of aliphatic hydroxyl groups excluding tert-OH is 1. The predicted octanol–water partition coefficient (Wildman–Crippen LogP) is 6.35. The summed E-state index contributed by atoms with van der Waals surface area (Å²) < 4.78 is 41.9. The third-order valence-electron chi connectivity index (χ3n) is 16.6. The lowest BCUT2D eigenvalue weighted by atomic mass is 9.43. The van der Waals surface area contributed by atoms with Crippen LogP contribution in [0.4, 0.5) is 10.5 Å². The molecule has 2 saturated carbocycles. The van der Waals surface area contributed by atoms with Crippen molar-refractivity contribution in [3.05, 3.63) is 124 Å². The number of ether oxygens (including phenoxy) is 7. The Morgan fingerprint density at radius 2 is 1.52 bits per heavy atom. The van der Waals surface area contributed by atoms with E-state index >= 15 is 4.79 Å². The summed E-state index contributed by atoms with van der Waals surface area (Å²) in [4.78, 5) is 117. The molecule has 0 spiro atoms. The fraction of sp³-hybridized carbons (Fsp3) is 0.492. The van der Waals surface area contributed by atoms with E-state index in [0.717, 1.165) is 6.92 Å². The van der Waals surface area contributed by atoms with E-state index in [1.807, 2.05) is 0 Å². The summed E-state index contributed by atoms with van der Waals surface area (Å²) in [6.45, 7) is 13.7. The summed E-state index contributed by atoms with van der Waals surface area (Å²) in [6, 6.07) is 21.3. The molecular formula is C61H73N3O17. The molecule has 7 rings (SSSR count). The average Bonchev–Trinajstić information content (AvgIpc) is 2.11. The van der Waals surface area contributed by atoms with E-state index in [1.165, 1.54) is 33.1 Å². The number of carbonyl (C=O) groups excluding carboxylic acids is 8. The Labute approximate surface area is 471 Å². The van der Waals surface area contributed by atoms with Gasteiger partial charge in [-0.15, -0.1) is 0 Å². The van der Waals surface area contributed by atoms with Crippen molar-refractivity contribution < 1.29 is 81.7 Å². The number of hydrogen-bond acceptors (Lipinski definition) is 18. The van der Waals surface area contributed by atoms with Gasteiger partial charge in [0.2, 0.25) is 5.91 Å². The van der Waals surface area contributed by atoms with Crippen LogP contribution in [0.3, 0.4) is 0 Å². The topological polar surface area (TPSA) is 278 Å². The number of aliphatic imine (C=N–C) groups is 1. The van der Waals surface area contributed by atoms with Gasteiger partial charge in [0.25, 0.3) is 0 Å². The summed E-state index contributed by atoms with van der Waals surface area (Å²) in [6.07, 6.45) is -8.83. The highest BCUT2D eigenvalue weighted by Crippen LogP contribution is 2.66. The van der Waals surface area contributed by atoms with Gasteiger partial charge in [0.05, 0.1) is 42.8 Å². The van der Waals surface area contributed by atoms with E-state index in [0.29, 0.717) is 29.0 Å². The Kier molecular flexibility index (Phi) is 19.2. The Balaban J connectivity index is 1.33. The van der Waals surface area contributed by atoms with E-state index < -0.39 is 125 Å². The minimum atomic E-state index is -2.44. The van der Waals surface area contributed by atoms with Crippen LogP contribution in [0.1, 0.15) is 109 Å². The van der Waals surface area contributed by atoms with Crippen molar-refractivity contribution in [3.8, 4) is 0 Å². The van der Waals surface area contributed by atoms with Gasteiger partial charge in [0, 0.05) is 61.6 Å². The Hall–Kier alpha value is -7.23. The summed E-state index contributed by atoms with van der Waals surface area (Å²) in [5.41, 5.74) is -5.53. The number of amides is 2. The number of esters is 3. The lowest BCUT2D eigenvalue weighted by Crippen LogP contribution is -2.81. The highest BCUT2D eigenvalue weighted by molar-refractivity contribution is 6.01. The van der Waals surface area contributed by atoms with Gasteiger partial charge in [-0.3, -0.25) is 34.3 Å². The molecule has 11 atom stereocenters. The first kappa shape index (κ1) is 61.4. The molecule has 0 radical (unpaired) electrons. The van der Waals surface area contributed by atoms with Gasteiger partial charge in [-0.25, -0.2) is 14.4 Å². The third kappa shape index (κ3) is 12.5. The normalized spacial score (nSPS) is 27.5. The van der Waals surface area contributed by atoms with Crippen molar-refractivity contribution in [2.45, 2.75) is 129 Å². The average molecular weight is 1120 g/mol. The maximum absolute atomic E-state index is 16.5. The Bertz CT molecular complexity index is 2970. The number of nitrogens with one attached hydrogen (secondary N) is 2. The minimum Gasteiger partial charge on any atom is -0.456 e. The standard InChI is InChI=1S/C61H73N3O17/c1-11-34(2)54(70)64-49(40-18-14-12-15-19-40)50(68)56(72)78-45-30-61(74)53(80-55(71)41-20-16-13-17-21-41)51-59(9,52(69)44(28-35(3)65)48(36(45)4)58(61,7)8)46(29-47-60(51,33-77-47)81-38(6)66)79-57(73)63-42-24-22-39(23-25-42)37(5)62-31-43(67)32-76-27-26-75-10/h11-25,44-47,49-51,53,68,74H,26-33H2,1-10H3,(H,63,73)(H,64,70)/b34-11+,62-37?/t44-,45+,46+,47-,49+,50-,51+,53+,59-,60+,61-/m1/s1. The van der Waals surface area contributed by atoms with Gasteiger partial charge >= 0.3 is 24.0 Å². The minimum absolute atomic E-state index is 0.0368. The van der Waals surface area contributed by atoms with Crippen molar-refractivity contribution in [3.63, 3.8) is 0 Å². The molecule has 3 aliphatic carbocycles. The third-order valence-corrected chi connectivity index (χ3v) is 16.6. The molecule has 1 aliphatic heterocycles. The Morgan fingerprint density at radius 3 is 2.11 bits per heavy atom. The molecule has 1 heterocycles. The number of benzene rings is 3. The van der Waals surface area contributed by atoms with Gasteiger partial charge in [0.15, 0.2) is 23.3 Å². The molecule has 81 heavy (non-hydrogen) atoms. The number of nitrogens with zero attached hydrogens (tertiary/aromatic N) is 1. The van der Waals surface area contributed by atoms with E-state index in [-0.39, 0.29) is 61.0 Å². The molecule has 434 valence electrons. The van der Waals surface area contributed by atoms with Gasteiger partial charge < -0.3 is 48.7 Å². The number of Topliss-reactive ketones (excluding diaryl/α,β-unsaturated/α-hetero) is 3. The largest absolute Gasteiger partial charge is 0.456 e. The molecular weight excluding hydrogens is 1050 g/mol. The zero-order valence-corrected chi connectivity index (χ0v) is 47.4. The van der Waals surface area contributed by atoms with Crippen molar-refractivity contribution in [2.75, 3.05) is 45.4 Å². The monoisotopic (exact) mass is 1120 g/mol. The second kappa shape index (κ2) is 25.3. The molecule has 20 heteroatoms.